The summed E-state index contributed by atoms with van der Waals surface area (Å²) in [5.41, 5.74) is 1.68. The molecule has 3 rings (SSSR count). The van der Waals surface area contributed by atoms with Crippen LogP contribution in [0.5, 0.6) is 0 Å². The maximum Gasteiger partial charge on any atom is 0.226 e. The molecular weight excluding hydrogens is 320 g/mol. The topological polar surface area (TPSA) is 58.1 Å². The molecular formula is C18H24N4OS. The summed E-state index contributed by atoms with van der Waals surface area (Å²) >= 11 is 1.54. The summed E-state index contributed by atoms with van der Waals surface area (Å²) in [7, 11) is 0. The number of rotatable bonds is 6. The van der Waals surface area contributed by atoms with E-state index in [-0.39, 0.29) is 5.91 Å². The quantitative estimate of drug-likeness (QED) is 0.875. The van der Waals surface area contributed by atoms with Crippen molar-refractivity contribution in [2.24, 2.45) is 0 Å². The highest BCUT2D eigenvalue weighted by Gasteiger charge is 2.20. The minimum absolute atomic E-state index is 0.0711. The molecule has 0 unspecified atom stereocenters. The summed E-state index contributed by atoms with van der Waals surface area (Å²) < 4.78 is 0. The summed E-state index contributed by atoms with van der Waals surface area (Å²) in [6.07, 6.45) is 5.38. The zero-order valence-corrected chi connectivity index (χ0v) is 14.9. The molecule has 0 radical (unpaired) electrons. The Hall–Kier alpha value is -1.79. The number of hydrogen-bond donors (Lipinski definition) is 1. The van der Waals surface area contributed by atoms with Gasteiger partial charge >= 0.3 is 0 Å². The average Bonchev–Trinajstić information content (AvgIpc) is 3.06. The third-order valence-electron chi connectivity index (χ3n) is 4.27. The highest BCUT2D eigenvalue weighted by Crippen LogP contribution is 2.21. The van der Waals surface area contributed by atoms with Crippen LogP contribution in [0.3, 0.4) is 0 Å². The highest BCUT2D eigenvalue weighted by atomic mass is 32.1. The Kier molecular flexibility index (Phi) is 5.93. The zero-order chi connectivity index (χ0) is 16.8. The minimum Gasteiger partial charge on any atom is -0.353 e. The number of thiazole rings is 1. The van der Waals surface area contributed by atoms with Crippen LogP contribution in [-0.4, -0.2) is 46.5 Å². The second-order valence-electron chi connectivity index (χ2n) is 6.22. The standard InChI is InChI=1S/C18H24N4OS/c1-2-9-22-10-6-14(7-11-22)20-17(23)12-15-13-24-18(21-15)16-5-3-4-8-19-16/h3-5,8,13-14H,2,6-7,9-12H2,1H3,(H,20,23). The summed E-state index contributed by atoms with van der Waals surface area (Å²) in [5, 5.41) is 5.98. The first kappa shape index (κ1) is 17.0. The fraction of sp³-hybridized carbons (Fsp3) is 0.500. The van der Waals surface area contributed by atoms with Crippen LogP contribution in [-0.2, 0) is 11.2 Å². The maximum atomic E-state index is 12.3. The van der Waals surface area contributed by atoms with Gasteiger partial charge in [0.2, 0.25) is 5.91 Å². The molecule has 0 aliphatic carbocycles. The molecule has 0 saturated carbocycles. The van der Waals surface area contributed by atoms with Gasteiger partial charge in [0.25, 0.3) is 0 Å². The Balaban J connectivity index is 1.48. The van der Waals surface area contributed by atoms with Gasteiger partial charge in [0.1, 0.15) is 5.01 Å². The van der Waals surface area contributed by atoms with Crippen molar-refractivity contribution in [3.05, 3.63) is 35.5 Å². The van der Waals surface area contributed by atoms with Gasteiger partial charge in [0, 0.05) is 30.7 Å². The van der Waals surface area contributed by atoms with E-state index in [0.717, 1.165) is 48.9 Å². The van der Waals surface area contributed by atoms with Crippen molar-refractivity contribution in [2.45, 2.75) is 38.6 Å². The van der Waals surface area contributed by atoms with Crippen molar-refractivity contribution in [3.63, 3.8) is 0 Å². The second-order valence-corrected chi connectivity index (χ2v) is 7.08. The number of carbonyl (C=O) groups excluding carboxylic acids is 1. The Morgan fingerprint density at radius 3 is 2.92 bits per heavy atom. The molecule has 1 saturated heterocycles. The van der Waals surface area contributed by atoms with Crippen LogP contribution in [0.2, 0.25) is 0 Å². The molecule has 6 heteroatoms. The van der Waals surface area contributed by atoms with Crippen molar-refractivity contribution in [1.82, 2.24) is 20.2 Å². The number of likely N-dealkylation sites (tertiary alicyclic amines) is 1. The lowest BCUT2D eigenvalue weighted by Gasteiger charge is -2.32. The van der Waals surface area contributed by atoms with Crippen molar-refractivity contribution in [2.75, 3.05) is 19.6 Å². The summed E-state index contributed by atoms with van der Waals surface area (Å²) in [6.45, 7) is 5.54. The van der Waals surface area contributed by atoms with Gasteiger partial charge in [-0.2, -0.15) is 0 Å². The van der Waals surface area contributed by atoms with Crippen molar-refractivity contribution < 1.29 is 4.79 Å². The van der Waals surface area contributed by atoms with Crippen LogP contribution in [0.1, 0.15) is 31.9 Å². The largest absolute Gasteiger partial charge is 0.353 e. The number of pyridine rings is 1. The smallest absolute Gasteiger partial charge is 0.226 e. The third-order valence-corrected chi connectivity index (χ3v) is 5.18. The van der Waals surface area contributed by atoms with E-state index in [1.54, 1.807) is 6.20 Å². The molecule has 2 aromatic heterocycles. The molecule has 1 N–H and O–H groups in total. The molecule has 2 aromatic rings. The Morgan fingerprint density at radius 2 is 2.21 bits per heavy atom. The van der Waals surface area contributed by atoms with Gasteiger partial charge in [-0.25, -0.2) is 4.98 Å². The first-order valence-corrected chi connectivity index (χ1v) is 9.50. The van der Waals surface area contributed by atoms with E-state index < -0.39 is 0 Å². The van der Waals surface area contributed by atoms with Crippen molar-refractivity contribution in [1.29, 1.82) is 0 Å². The van der Waals surface area contributed by atoms with Gasteiger partial charge in [-0.05, 0) is 37.9 Å². The zero-order valence-electron chi connectivity index (χ0n) is 14.1. The molecule has 1 aliphatic rings. The summed E-state index contributed by atoms with van der Waals surface area (Å²) in [4.78, 5) is 23.6. The molecule has 0 bridgehead atoms. The third kappa shape index (κ3) is 4.61. The fourth-order valence-corrected chi connectivity index (χ4v) is 3.85. The molecule has 128 valence electrons. The first-order chi connectivity index (χ1) is 11.7. The van der Waals surface area contributed by atoms with E-state index in [4.69, 9.17) is 0 Å². The SMILES string of the molecule is CCCN1CCC(NC(=O)Cc2csc(-c3ccccn3)n2)CC1. The van der Waals surface area contributed by atoms with E-state index in [9.17, 15) is 4.79 Å². The Labute approximate surface area is 147 Å². The molecule has 0 aromatic carbocycles. The van der Waals surface area contributed by atoms with Gasteiger partial charge in [0.15, 0.2) is 0 Å². The average molecular weight is 344 g/mol. The first-order valence-electron chi connectivity index (χ1n) is 8.62. The van der Waals surface area contributed by atoms with Crippen LogP contribution >= 0.6 is 11.3 Å². The normalized spacial score (nSPS) is 16.2. The summed E-state index contributed by atoms with van der Waals surface area (Å²) in [6, 6.07) is 6.07. The van der Waals surface area contributed by atoms with Crippen LogP contribution < -0.4 is 5.32 Å². The van der Waals surface area contributed by atoms with Gasteiger partial charge in [-0.3, -0.25) is 9.78 Å². The lowest BCUT2D eigenvalue weighted by atomic mass is 10.0. The number of carbonyl (C=O) groups is 1. The molecule has 0 spiro atoms. The fourth-order valence-electron chi connectivity index (χ4n) is 3.06. The predicted molar refractivity (Wildman–Crippen MR) is 96.9 cm³/mol. The minimum atomic E-state index is 0.0711. The number of amides is 1. The van der Waals surface area contributed by atoms with Crippen LogP contribution in [0.15, 0.2) is 29.8 Å². The second kappa shape index (κ2) is 8.35. The van der Waals surface area contributed by atoms with E-state index in [2.05, 4.69) is 27.1 Å². The molecule has 24 heavy (non-hydrogen) atoms. The van der Waals surface area contributed by atoms with Crippen molar-refractivity contribution >= 4 is 17.2 Å². The number of nitrogens with zero attached hydrogens (tertiary/aromatic N) is 3. The monoisotopic (exact) mass is 344 g/mol. The molecule has 0 atom stereocenters. The lowest BCUT2D eigenvalue weighted by molar-refractivity contribution is -0.121. The maximum absolute atomic E-state index is 12.3. The number of hydrogen-bond acceptors (Lipinski definition) is 5. The van der Waals surface area contributed by atoms with Crippen molar-refractivity contribution in [3.8, 4) is 10.7 Å². The van der Waals surface area contributed by atoms with Gasteiger partial charge in [-0.1, -0.05) is 13.0 Å². The molecule has 1 amide bonds. The molecule has 5 nitrogen and oxygen atoms in total. The van der Waals surface area contributed by atoms with Crippen LogP contribution in [0, 0.1) is 0 Å². The predicted octanol–water partition coefficient (Wildman–Crippen LogP) is 2.74. The van der Waals surface area contributed by atoms with E-state index in [1.807, 2.05) is 23.6 Å². The van der Waals surface area contributed by atoms with E-state index in [0.29, 0.717) is 12.5 Å². The Morgan fingerprint density at radius 1 is 1.38 bits per heavy atom. The van der Waals surface area contributed by atoms with Crippen LogP contribution in [0.4, 0.5) is 0 Å². The van der Waals surface area contributed by atoms with E-state index in [1.165, 1.54) is 17.8 Å². The Bertz CT molecular complexity index is 650. The number of aromatic nitrogens is 2. The number of nitrogens with one attached hydrogen (secondary N) is 1. The molecule has 1 fully saturated rings. The number of piperidine rings is 1. The van der Waals surface area contributed by atoms with Gasteiger partial charge < -0.3 is 10.2 Å². The van der Waals surface area contributed by atoms with Crippen LogP contribution in [0.25, 0.3) is 10.7 Å². The molecule has 1 aliphatic heterocycles. The van der Waals surface area contributed by atoms with Gasteiger partial charge in [-0.15, -0.1) is 11.3 Å². The van der Waals surface area contributed by atoms with E-state index >= 15 is 0 Å². The highest BCUT2D eigenvalue weighted by molar-refractivity contribution is 7.13. The molecule has 3 heterocycles. The lowest BCUT2D eigenvalue weighted by Crippen LogP contribution is -2.45. The summed E-state index contributed by atoms with van der Waals surface area (Å²) in [5.74, 6) is 0.0711. The van der Waals surface area contributed by atoms with Gasteiger partial charge in [0.05, 0.1) is 17.8 Å².